The van der Waals surface area contributed by atoms with Gasteiger partial charge in [0.2, 0.25) is 0 Å². The summed E-state index contributed by atoms with van der Waals surface area (Å²) in [5.41, 5.74) is 2.17. The van der Waals surface area contributed by atoms with Crippen molar-refractivity contribution >= 4 is 5.97 Å². The van der Waals surface area contributed by atoms with E-state index in [1.54, 1.807) is 12.1 Å². The third kappa shape index (κ3) is 3.63. The molecule has 2 aromatic carbocycles. The maximum Gasteiger partial charge on any atom is 0.335 e. The molecular weight excluding hydrogens is 404 g/mol. The topological polar surface area (TPSA) is 87.0 Å². The number of ether oxygens (including phenoxy) is 1. The fourth-order valence-corrected chi connectivity index (χ4v) is 5.88. The smallest absolute Gasteiger partial charge is 0.335 e. The molecule has 2 fully saturated rings. The van der Waals surface area contributed by atoms with E-state index >= 15 is 0 Å². The zero-order valence-electron chi connectivity index (χ0n) is 18.1. The molecular formula is C27H30O5. The molecule has 5 rings (SSSR count). The highest BCUT2D eigenvalue weighted by molar-refractivity contribution is 5.88. The van der Waals surface area contributed by atoms with E-state index in [1.165, 1.54) is 5.56 Å². The number of rotatable bonds is 5. The summed E-state index contributed by atoms with van der Waals surface area (Å²) in [5, 5.41) is 31.2. The summed E-state index contributed by atoms with van der Waals surface area (Å²) in [7, 11) is 0. The number of carboxylic acid groups (broad SMARTS) is 1. The molecule has 0 spiro atoms. The Balaban J connectivity index is 1.34. The average molecular weight is 435 g/mol. The predicted molar refractivity (Wildman–Crippen MR) is 121 cm³/mol. The number of fused-ring (bicyclic) bond motifs is 2. The van der Waals surface area contributed by atoms with Crippen LogP contribution >= 0.6 is 0 Å². The molecule has 1 heterocycles. The van der Waals surface area contributed by atoms with E-state index in [2.05, 4.69) is 12.1 Å². The fraction of sp³-hybridized carbons (Fsp3) is 0.444. The molecule has 5 nitrogen and oxygen atoms in total. The van der Waals surface area contributed by atoms with Crippen molar-refractivity contribution in [2.75, 3.05) is 0 Å². The lowest BCUT2D eigenvalue weighted by molar-refractivity contribution is 0.0614. The molecule has 1 aliphatic heterocycles. The number of aryl methyl sites for hydroxylation is 1. The molecule has 0 radical (unpaired) electrons. The summed E-state index contributed by atoms with van der Waals surface area (Å²) in [4.78, 5) is 11.3. The van der Waals surface area contributed by atoms with Crippen molar-refractivity contribution in [3.05, 3.63) is 77.4 Å². The maximum atomic E-state index is 11.3. The van der Waals surface area contributed by atoms with Crippen LogP contribution < -0.4 is 4.74 Å². The van der Waals surface area contributed by atoms with Gasteiger partial charge in [-0.25, -0.2) is 4.79 Å². The maximum absolute atomic E-state index is 11.3. The number of aliphatic hydroxyl groups is 2. The Morgan fingerprint density at radius 1 is 1.16 bits per heavy atom. The van der Waals surface area contributed by atoms with E-state index in [0.29, 0.717) is 12.2 Å². The highest BCUT2D eigenvalue weighted by Gasteiger charge is 2.46. The number of aliphatic hydroxyl groups excluding tert-OH is 2. The second-order valence-corrected chi connectivity index (χ2v) is 9.57. The molecule has 3 aliphatic rings. The molecule has 32 heavy (non-hydrogen) atoms. The molecule has 0 bridgehead atoms. The van der Waals surface area contributed by atoms with Crippen molar-refractivity contribution < 1.29 is 24.9 Å². The van der Waals surface area contributed by atoms with Crippen LogP contribution in [0.3, 0.4) is 0 Å². The summed E-state index contributed by atoms with van der Waals surface area (Å²) < 4.78 is 6.23. The summed E-state index contributed by atoms with van der Waals surface area (Å²) in [6, 6.07) is 15.3. The third-order valence-corrected chi connectivity index (χ3v) is 7.91. The van der Waals surface area contributed by atoms with Gasteiger partial charge in [-0.2, -0.15) is 0 Å². The first-order chi connectivity index (χ1) is 15.5. The number of benzene rings is 2. The summed E-state index contributed by atoms with van der Waals surface area (Å²) in [6.45, 7) is 0. The quantitative estimate of drug-likeness (QED) is 0.617. The second-order valence-electron chi connectivity index (χ2n) is 9.57. The highest BCUT2D eigenvalue weighted by Crippen LogP contribution is 2.48. The molecule has 168 valence electrons. The molecule has 0 amide bonds. The Kier molecular flexibility index (Phi) is 5.56. The predicted octanol–water partition coefficient (Wildman–Crippen LogP) is 4.11. The Morgan fingerprint density at radius 3 is 2.62 bits per heavy atom. The van der Waals surface area contributed by atoms with Crippen LogP contribution in [-0.4, -0.2) is 39.6 Å². The van der Waals surface area contributed by atoms with Crippen molar-refractivity contribution in [1.82, 2.24) is 0 Å². The Morgan fingerprint density at radius 2 is 1.94 bits per heavy atom. The number of hydrogen-bond acceptors (Lipinski definition) is 4. The monoisotopic (exact) mass is 434 g/mol. The van der Waals surface area contributed by atoms with Crippen LogP contribution in [0.4, 0.5) is 0 Å². The first-order valence-electron chi connectivity index (χ1n) is 11.6. The summed E-state index contributed by atoms with van der Waals surface area (Å²) in [6.07, 6.45) is 7.80. The number of hydrogen-bond donors (Lipinski definition) is 3. The van der Waals surface area contributed by atoms with Crippen LogP contribution in [0.1, 0.15) is 53.6 Å². The van der Waals surface area contributed by atoms with E-state index < -0.39 is 18.2 Å². The van der Waals surface area contributed by atoms with Gasteiger partial charge in [0.15, 0.2) is 0 Å². The van der Waals surface area contributed by atoms with E-state index in [1.807, 2.05) is 36.4 Å². The van der Waals surface area contributed by atoms with Crippen LogP contribution in [0.5, 0.6) is 5.75 Å². The Bertz CT molecular complexity index is 1010. The van der Waals surface area contributed by atoms with Gasteiger partial charge >= 0.3 is 5.97 Å². The molecule has 2 saturated carbocycles. The lowest BCUT2D eigenvalue weighted by Crippen LogP contribution is -2.44. The van der Waals surface area contributed by atoms with Crippen LogP contribution in [0.15, 0.2) is 60.7 Å². The first kappa shape index (κ1) is 21.2. The molecule has 2 aliphatic carbocycles. The third-order valence-electron chi connectivity index (χ3n) is 7.91. The van der Waals surface area contributed by atoms with Crippen molar-refractivity contribution in [3.63, 3.8) is 0 Å². The lowest BCUT2D eigenvalue weighted by Gasteiger charge is -2.45. The van der Waals surface area contributed by atoms with E-state index in [0.717, 1.165) is 37.7 Å². The average Bonchev–Trinajstić information content (AvgIpc) is 2.93. The molecule has 3 N–H and O–H groups in total. The van der Waals surface area contributed by atoms with E-state index in [-0.39, 0.29) is 28.9 Å². The van der Waals surface area contributed by atoms with Gasteiger partial charge in [0, 0.05) is 23.7 Å². The number of carbonyl (C=O) groups is 1. The van der Waals surface area contributed by atoms with Gasteiger partial charge in [0.05, 0.1) is 17.8 Å². The zero-order chi connectivity index (χ0) is 22.3. The summed E-state index contributed by atoms with van der Waals surface area (Å²) >= 11 is 0. The van der Waals surface area contributed by atoms with Gasteiger partial charge in [-0.3, -0.25) is 0 Å². The number of carboxylic acids is 1. The van der Waals surface area contributed by atoms with E-state index in [9.17, 15) is 20.1 Å². The van der Waals surface area contributed by atoms with Crippen molar-refractivity contribution in [3.8, 4) is 5.75 Å². The normalized spacial score (nSPS) is 29.3. The summed E-state index contributed by atoms with van der Waals surface area (Å²) in [5.74, 6) is -0.312. The standard InChI is InChI=1S/C27H30O5/c28-22-16-24-21(10-9-17-7-8-18(26(30)31)15-23(17)32-24)20(22)11-12-25(29)27(13-4-14-27)19-5-2-1-3-6-19/h1-3,5-8,11-12,15,20-22,24-25,28-29H,4,9-10,13-14,16H2,(H,30,31)/b12-11+/t20-,21-,22-,24+,25?/m1/s1. The highest BCUT2D eigenvalue weighted by atomic mass is 16.5. The van der Waals surface area contributed by atoms with Gasteiger partial charge in [-0.05, 0) is 48.9 Å². The van der Waals surface area contributed by atoms with Crippen molar-refractivity contribution in [2.24, 2.45) is 11.8 Å². The minimum atomic E-state index is -0.971. The largest absolute Gasteiger partial charge is 0.490 e. The van der Waals surface area contributed by atoms with Crippen LogP contribution in [-0.2, 0) is 11.8 Å². The van der Waals surface area contributed by atoms with Gasteiger partial charge in [0.1, 0.15) is 11.9 Å². The van der Waals surface area contributed by atoms with Crippen LogP contribution in [0.2, 0.25) is 0 Å². The SMILES string of the molecule is O=C(O)c1ccc2c(c1)O[C@H]1C[C@@H](O)[C@H](/C=C/C(O)C3(c4ccccc4)CCC3)[C@H]1CC2. The van der Waals surface area contributed by atoms with Crippen molar-refractivity contribution in [1.29, 1.82) is 0 Å². The lowest BCUT2D eigenvalue weighted by atomic mass is 9.61. The molecule has 5 atom stereocenters. The van der Waals surface area contributed by atoms with Crippen LogP contribution in [0.25, 0.3) is 0 Å². The molecule has 0 saturated heterocycles. The van der Waals surface area contributed by atoms with Crippen LogP contribution in [0, 0.1) is 11.8 Å². The molecule has 5 heteroatoms. The van der Waals surface area contributed by atoms with Crippen molar-refractivity contribution in [2.45, 2.75) is 62.3 Å². The Labute approximate surface area is 188 Å². The minimum absolute atomic E-state index is 0.0872. The minimum Gasteiger partial charge on any atom is -0.490 e. The number of aromatic carboxylic acids is 1. The van der Waals surface area contributed by atoms with Gasteiger partial charge in [-0.1, -0.05) is 55.0 Å². The molecule has 1 unspecified atom stereocenters. The second kappa shape index (κ2) is 8.38. The van der Waals surface area contributed by atoms with Gasteiger partial charge < -0.3 is 20.1 Å². The zero-order valence-corrected chi connectivity index (χ0v) is 18.1. The molecule has 2 aromatic rings. The first-order valence-corrected chi connectivity index (χ1v) is 11.6. The van der Waals surface area contributed by atoms with E-state index in [4.69, 9.17) is 4.74 Å². The fourth-order valence-electron chi connectivity index (χ4n) is 5.88. The molecule has 0 aromatic heterocycles. The van der Waals surface area contributed by atoms with Gasteiger partial charge in [0.25, 0.3) is 0 Å². The Hall–Kier alpha value is -2.63. The van der Waals surface area contributed by atoms with Gasteiger partial charge in [-0.15, -0.1) is 0 Å².